The van der Waals surface area contributed by atoms with E-state index in [0.717, 1.165) is 32.3 Å². The van der Waals surface area contributed by atoms with Gasteiger partial charge in [0.25, 0.3) is 0 Å². The lowest BCUT2D eigenvalue weighted by Crippen LogP contribution is -2.20. The van der Waals surface area contributed by atoms with Crippen LogP contribution in [0.5, 0.6) is 0 Å². The van der Waals surface area contributed by atoms with Crippen LogP contribution in [0.3, 0.4) is 0 Å². The Hall–Kier alpha value is -5.31. The second kappa shape index (κ2) is 12.6. The highest BCUT2D eigenvalue weighted by molar-refractivity contribution is 7.17. The molecule has 0 bridgehead atoms. The van der Waals surface area contributed by atoms with E-state index in [1.807, 2.05) is 12.1 Å². The van der Waals surface area contributed by atoms with E-state index in [2.05, 4.69) is 161 Å². The second-order valence-corrected chi connectivity index (χ2v) is 12.8. The van der Waals surface area contributed by atoms with Gasteiger partial charge in [-0.3, -0.25) is 4.99 Å². The molecule has 222 valence electrons. The summed E-state index contributed by atoms with van der Waals surface area (Å²) in [7, 11) is 0. The van der Waals surface area contributed by atoms with Gasteiger partial charge in [-0.1, -0.05) is 140 Å². The zero-order valence-corrected chi connectivity index (χ0v) is 27.2. The molecule has 0 aliphatic heterocycles. The summed E-state index contributed by atoms with van der Waals surface area (Å²) in [5, 5.41) is 2.19. The first-order valence-electron chi connectivity index (χ1n) is 15.7. The largest absolute Gasteiger partial charge is 0.251 e. The van der Waals surface area contributed by atoms with Crippen LogP contribution in [0.4, 0.5) is 0 Å². The zero-order valence-electron chi connectivity index (χ0n) is 26.4. The Morgan fingerprint density at radius 1 is 0.565 bits per heavy atom. The van der Waals surface area contributed by atoms with Crippen molar-refractivity contribution >= 4 is 39.4 Å². The molecule has 1 nitrogen and oxygen atoms in total. The first-order chi connectivity index (χ1) is 22.5. The average molecular weight is 610 g/mol. The van der Waals surface area contributed by atoms with Crippen molar-refractivity contribution in [2.75, 3.05) is 0 Å². The molecule has 0 unspecified atom stereocenters. The minimum atomic E-state index is 0.961. The van der Waals surface area contributed by atoms with Crippen LogP contribution >= 0.6 is 11.3 Å². The summed E-state index contributed by atoms with van der Waals surface area (Å²) >= 11 is 1.76. The lowest BCUT2D eigenvalue weighted by atomic mass is 9.90. The molecule has 0 atom stereocenters. The molecular formula is C44H35NS. The molecule has 7 aromatic rings. The highest BCUT2D eigenvalue weighted by atomic mass is 32.1. The zero-order chi connectivity index (χ0) is 31.6. The molecular weight excluding hydrogens is 575 g/mol. The van der Waals surface area contributed by atoms with Crippen molar-refractivity contribution in [3.05, 3.63) is 178 Å². The molecule has 0 N–H and O–H groups in total. The Morgan fingerprint density at radius 2 is 1.15 bits per heavy atom. The van der Waals surface area contributed by atoms with Crippen LogP contribution in [0.1, 0.15) is 29.2 Å². The minimum Gasteiger partial charge on any atom is -0.251 e. The van der Waals surface area contributed by atoms with E-state index in [-0.39, 0.29) is 0 Å². The van der Waals surface area contributed by atoms with Crippen LogP contribution in [0.25, 0.3) is 55.7 Å². The fourth-order valence-corrected chi connectivity index (χ4v) is 7.37. The fraction of sp³-hybridized carbons (Fsp3) is 0.0682. The van der Waals surface area contributed by atoms with Crippen molar-refractivity contribution in [1.82, 2.24) is 0 Å². The summed E-state index contributed by atoms with van der Waals surface area (Å²) in [6.45, 7) is 11.1. The molecule has 6 aromatic carbocycles. The first kappa shape index (κ1) is 29.4. The number of thiophene rings is 1. The molecule has 1 heterocycles. The smallest absolute Gasteiger partial charge is 0.0883 e. The molecule has 0 amide bonds. The Morgan fingerprint density at radius 3 is 1.87 bits per heavy atom. The monoisotopic (exact) mass is 609 g/mol. The topological polar surface area (TPSA) is 12.4 Å². The molecule has 0 saturated carbocycles. The van der Waals surface area contributed by atoms with Gasteiger partial charge < -0.3 is 0 Å². The maximum atomic E-state index is 5.20. The second-order valence-electron chi connectivity index (χ2n) is 11.8. The van der Waals surface area contributed by atoms with Crippen LogP contribution in [-0.2, 0) is 0 Å². The standard InChI is InChI=1S/C44H35NS/c1-29-14-11-12-19-38(29)40-21-13-20-39(30(40)2)35-24-22-34(23-25-35)37-26-27-42-41(28-37)31(3)44(46-42)43(36-17-9-6-10-18-36)45-32(4)33-15-7-5-8-16-33/h5-28H,3H2,1-2,4H3/b44-43+,45-32?. The summed E-state index contributed by atoms with van der Waals surface area (Å²) in [5.41, 5.74) is 14.2. The van der Waals surface area contributed by atoms with Crippen molar-refractivity contribution in [3.8, 4) is 33.4 Å². The maximum Gasteiger partial charge on any atom is 0.0883 e. The Bertz CT molecular complexity index is 2330. The van der Waals surface area contributed by atoms with Gasteiger partial charge in [-0.2, -0.15) is 0 Å². The van der Waals surface area contributed by atoms with E-state index >= 15 is 0 Å². The van der Waals surface area contributed by atoms with Crippen LogP contribution in [0, 0.1) is 13.8 Å². The van der Waals surface area contributed by atoms with E-state index in [1.54, 1.807) is 11.3 Å². The van der Waals surface area contributed by atoms with Crippen LogP contribution < -0.4 is 9.75 Å². The SMILES string of the molecule is C=c1/c(=C(\N=C(C)c2ccccc2)c2ccccc2)sc2ccc(-c3ccc(-c4cccc(-c5ccccc5C)c4C)cc3)cc12. The summed E-state index contributed by atoms with van der Waals surface area (Å²) in [6.07, 6.45) is 0. The van der Waals surface area contributed by atoms with E-state index in [9.17, 15) is 0 Å². The molecule has 0 aliphatic rings. The van der Waals surface area contributed by atoms with Crippen LogP contribution in [0.15, 0.2) is 151 Å². The number of hydrogen-bond acceptors (Lipinski definition) is 2. The Kier molecular flexibility index (Phi) is 8.05. The number of hydrogen-bond donors (Lipinski definition) is 0. The predicted molar refractivity (Wildman–Crippen MR) is 200 cm³/mol. The first-order valence-corrected chi connectivity index (χ1v) is 16.5. The van der Waals surface area contributed by atoms with Gasteiger partial charge in [0.2, 0.25) is 0 Å². The van der Waals surface area contributed by atoms with Crippen LogP contribution in [0.2, 0.25) is 0 Å². The Labute approximate surface area is 275 Å². The lowest BCUT2D eigenvalue weighted by molar-refractivity contribution is 1.40. The van der Waals surface area contributed by atoms with E-state index in [4.69, 9.17) is 4.99 Å². The van der Waals surface area contributed by atoms with Crippen LogP contribution in [-0.4, -0.2) is 5.71 Å². The van der Waals surface area contributed by atoms with Crippen molar-refractivity contribution in [2.45, 2.75) is 20.8 Å². The molecule has 0 radical (unpaired) electrons. The normalized spacial score (nSPS) is 12.4. The minimum absolute atomic E-state index is 0.961. The van der Waals surface area contributed by atoms with Crippen molar-refractivity contribution in [3.63, 3.8) is 0 Å². The fourth-order valence-electron chi connectivity index (χ4n) is 6.23. The third-order valence-corrected chi connectivity index (χ3v) is 10.0. The molecule has 0 spiro atoms. The van der Waals surface area contributed by atoms with Crippen molar-refractivity contribution in [1.29, 1.82) is 0 Å². The predicted octanol–water partition coefficient (Wildman–Crippen LogP) is 10.6. The summed E-state index contributed by atoms with van der Waals surface area (Å²) in [5.74, 6) is 0. The van der Waals surface area contributed by atoms with Crippen molar-refractivity contribution < 1.29 is 0 Å². The van der Waals surface area contributed by atoms with E-state index < -0.39 is 0 Å². The highest BCUT2D eigenvalue weighted by Gasteiger charge is 2.12. The number of rotatable bonds is 6. The van der Waals surface area contributed by atoms with Gasteiger partial charge in [-0.25, -0.2) is 0 Å². The highest BCUT2D eigenvalue weighted by Crippen LogP contribution is 2.34. The van der Waals surface area contributed by atoms with E-state index in [0.29, 0.717) is 0 Å². The third kappa shape index (κ3) is 5.64. The van der Waals surface area contributed by atoms with Gasteiger partial charge in [-0.05, 0) is 88.2 Å². The summed E-state index contributed by atoms with van der Waals surface area (Å²) in [6, 6.07) is 51.8. The summed E-state index contributed by atoms with van der Waals surface area (Å²) < 4.78 is 2.32. The number of aliphatic imine (C=N–C) groups is 1. The van der Waals surface area contributed by atoms with Gasteiger partial charge in [0.05, 0.1) is 10.2 Å². The number of aryl methyl sites for hydroxylation is 1. The maximum absolute atomic E-state index is 5.20. The van der Waals surface area contributed by atoms with Gasteiger partial charge in [0, 0.05) is 21.4 Å². The lowest BCUT2D eigenvalue weighted by Gasteiger charge is -2.14. The quantitative estimate of drug-likeness (QED) is 0.166. The van der Waals surface area contributed by atoms with Gasteiger partial charge >= 0.3 is 0 Å². The van der Waals surface area contributed by atoms with Gasteiger partial charge in [0.1, 0.15) is 0 Å². The Balaban J connectivity index is 1.29. The third-order valence-electron chi connectivity index (χ3n) is 8.82. The molecule has 46 heavy (non-hydrogen) atoms. The molecule has 2 heteroatoms. The molecule has 0 saturated heterocycles. The number of benzene rings is 6. The number of nitrogens with zero attached hydrogens (tertiary/aromatic N) is 1. The number of fused-ring (bicyclic) bond motifs is 1. The van der Waals surface area contributed by atoms with E-state index in [1.165, 1.54) is 54.6 Å². The molecule has 0 aliphatic carbocycles. The molecule has 0 fully saturated rings. The summed E-state index contributed by atoms with van der Waals surface area (Å²) in [4.78, 5) is 5.20. The van der Waals surface area contributed by atoms with Gasteiger partial charge in [0.15, 0.2) is 0 Å². The molecule has 7 rings (SSSR count). The average Bonchev–Trinajstić information content (AvgIpc) is 3.43. The molecule has 1 aromatic heterocycles. The van der Waals surface area contributed by atoms with Gasteiger partial charge in [-0.15, -0.1) is 11.3 Å². The van der Waals surface area contributed by atoms with Crippen molar-refractivity contribution in [2.24, 2.45) is 4.99 Å².